The largest absolute Gasteiger partial charge is 0.466 e. The zero-order chi connectivity index (χ0) is 11.3. The van der Waals surface area contributed by atoms with Gasteiger partial charge in [-0.15, -0.1) is 0 Å². The monoisotopic (exact) mass is 215 g/mol. The van der Waals surface area contributed by atoms with Gasteiger partial charge in [0.1, 0.15) is 0 Å². The van der Waals surface area contributed by atoms with Crippen LogP contribution in [-0.2, 0) is 9.53 Å². The third-order valence-corrected chi connectivity index (χ3v) is 2.91. The molecule has 88 valence electrons. The van der Waals surface area contributed by atoms with Gasteiger partial charge in [0.25, 0.3) is 0 Å². The average Bonchev–Trinajstić information content (AvgIpc) is 2.65. The molecule has 1 aliphatic heterocycles. The molecule has 0 saturated carbocycles. The van der Waals surface area contributed by atoms with Crippen LogP contribution >= 0.6 is 0 Å². The van der Waals surface area contributed by atoms with Crippen molar-refractivity contribution in [1.82, 2.24) is 4.90 Å². The van der Waals surface area contributed by atoms with Crippen LogP contribution in [0.25, 0.3) is 0 Å². The van der Waals surface area contributed by atoms with E-state index in [4.69, 9.17) is 9.84 Å². The number of hydrogen-bond acceptors (Lipinski definition) is 4. The number of likely N-dealkylation sites (tertiary alicyclic amines) is 1. The van der Waals surface area contributed by atoms with E-state index in [1.54, 1.807) is 0 Å². The molecule has 0 bridgehead atoms. The topological polar surface area (TPSA) is 49.8 Å². The Morgan fingerprint density at radius 2 is 2.40 bits per heavy atom. The lowest BCUT2D eigenvalue weighted by atomic mass is 10.1. The lowest BCUT2D eigenvalue weighted by Gasteiger charge is -2.25. The molecule has 1 heterocycles. The summed E-state index contributed by atoms with van der Waals surface area (Å²) in [5.74, 6) is -0.238. The SMILES string of the molecule is CCOC(=O)C(C)CN1CCCC1CO. The van der Waals surface area contributed by atoms with Crippen LogP contribution in [0.4, 0.5) is 0 Å². The summed E-state index contributed by atoms with van der Waals surface area (Å²) in [5, 5.41) is 9.13. The molecule has 0 aromatic rings. The number of rotatable bonds is 5. The van der Waals surface area contributed by atoms with E-state index in [1.165, 1.54) is 0 Å². The quantitative estimate of drug-likeness (QED) is 0.684. The molecule has 0 aromatic carbocycles. The number of aliphatic hydroxyl groups excluding tert-OH is 1. The van der Waals surface area contributed by atoms with Gasteiger partial charge in [-0.3, -0.25) is 9.69 Å². The molecule has 1 fully saturated rings. The average molecular weight is 215 g/mol. The summed E-state index contributed by atoms with van der Waals surface area (Å²) in [6.07, 6.45) is 2.15. The fourth-order valence-electron chi connectivity index (χ4n) is 2.05. The first-order chi connectivity index (χ1) is 7.19. The maximum atomic E-state index is 11.4. The standard InChI is InChI=1S/C11H21NO3/c1-3-15-11(14)9(2)7-12-6-4-5-10(12)8-13/h9-10,13H,3-8H2,1-2H3. The molecule has 1 saturated heterocycles. The molecule has 0 aliphatic carbocycles. The van der Waals surface area contributed by atoms with Crippen molar-refractivity contribution >= 4 is 5.97 Å². The Hall–Kier alpha value is -0.610. The van der Waals surface area contributed by atoms with Crippen molar-refractivity contribution < 1.29 is 14.6 Å². The van der Waals surface area contributed by atoms with Crippen LogP contribution in [0.2, 0.25) is 0 Å². The van der Waals surface area contributed by atoms with Gasteiger partial charge >= 0.3 is 5.97 Å². The van der Waals surface area contributed by atoms with Crippen molar-refractivity contribution in [3.63, 3.8) is 0 Å². The minimum absolute atomic E-state index is 0.0999. The maximum Gasteiger partial charge on any atom is 0.309 e. The van der Waals surface area contributed by atoms with Gasteiger partial charge in [-0.2, -0.15) is 0 Å². The summed E-state index contributed by atoms with van der Waals surface area (Å²) in [6, 6.07) is 0.238. The predicted molar refractivity (Wildman–Crippen MR) is 57.5 cm³/mol. The number of ether oxygens (including phenoxy) is 1. The third kappa shape index (κ3) is 3.47. The van der Waals surface area contributed by atoms with E-state index in [1.807, 2.05) is 13.8 Å². The Morgan fingerprint density at radius 1 is 1.67 bits per heavy atom. The Kier molecular flexibility index (Phi) is 5.05. The number of esters is 1. The Bertz CT molecular complexity index is 208. The van der Waals surface area contributed by atoms with Crippen LogP contribution in [0, 0.1) is 5.92 Å². The predicted octanol–water partition coefficient (Wildman–Crippen LogP) is 0.642. The second kappa shape index (κ2) is 6.08. The van der Waals surface area contributed by atoms with E-state index < -0.39 is 0 Å². The number of hydrogen-bond donors (Lipinski definition) is 1. The van der Waals surface area contributed by atoms with Crippen molar-refractivity contribution in [3.05, 3.63) is 0 Å². The summed E-state index contributed by atoms with van der Waals surface area (Å²) in [5.41, 5.74) is 0. The van der Waals surface area contributed by atoms with E-state index in [0.717, 1.165) is 19.4 Å². The van der Waals surface area contributed by atoms with Gasteiger partial charge in [-0.1, -0.05) is 6.92 Å². The van der Waals surface area contributed by atoms with E-state index in [2.05, 4.69) is 4.90 Å². The molecule has 1 rings (SSSR count). The minimum Gasteiger partial charge on any atom is -0.466 e. The highest BCUT2D eigenvalue weighted by molar-refractivity contribution is 5.72. The molecular weight excluding hydrogens is 194 g/mol. The molecule has 4 nitrogen and oxygen atoms in total. The highest BCUT2D eigenvalue weighted by Crippen LogP contribution is 2.18. The maximum absolute atomic E-state index is 11.4. The first kappa shape index (κ1) is 12.5. The van der Waals surface area contributed by atoms with Crippen LogP contribution in [0.5, 0.6) is 0 Å². The third-order valence-electron chi connectivity index (χ3n) is 2.91. The summed E-state index contributed by atoms with van der Waals surface area (Å²) in [6.45, 7) is 6.00. The number of carbonyl (C=O) groups is 1. The smallest absolute Gasteiger partial charge is 0.309 e. The van der Waals surface area contributed by atoms with Gasteiger partial charge in [-0.05, 0) is 26.3 Å². The molecule has 15 heavy (non-hydrogen) atoms. The highest BCUT2D eigenvalue weighted by atomic mass is 16.5. The van der Waals surface area contributed by atoms with Gasteiger partial charge < -0.3 is 9.84 Å². The molecule has 4 heteroatoms. The van der Waals surface area contributed by atoms with Crippen molar-refractivity contribution in [2.24, 2.45) is 5.92 Å². The summed E-state index contributed by atoms with van der Waals surface area (Å²) >= 11 is 0. The second-order valence-electron chi connectivity index (χ2n) is 4.13. The van der Waals surface area contributed by atoms with E-state index in [0.29, 0.717) is 13.2 Å². The van der Waals surface area contributed by atoms with Crippen LogP contribution < -0.4 is 0 Å². The Balaban J connectivity index is 2.36. The van der Waals surface area contributed by atoms with Crippen molar-refractivity contribution in [2.45, 2.75) is 32.7 Å². The van der Waals surface area contributed by atoms with Crippen molar-refractivity contribution in [1.29, 1.82) is 0 Å². The van der Waals surface area contributed by atoms with Gasteiger partial charge in [0.05, 0.1) is 19.1 Å². The lowest BCUT2D eigenvalue weighted by Crippen LogP contribution is -2.38. The lowest BCUT2D eigenvalue weighted by molar-refractivity contribution is -0.148. The van der Waals surface area contributed by atoms with Gasteiger partial charge in [0.2, 0.25) is 0 Å². The van der Waals surface area contributed by atoms with E-state index in [-0.39, 0.29) is 24.5 Å². The Labute approximate surface area is 91.2 Å². The molecule has 2 unspecified atom stereocenters. The summed E-state index contributed by atoms with van der Waals surface area (Å²) in [7, 11) is 0. The molecule has 0 amide bonds. The first-order valence-corrected chi connectivity index (χ1v) is 5.70. The second-order valence-corrected chi connectivity index (χ2v) is 4.13. The van der Waals surface area contributed by atoms with Gasteiger partial charge in [-0.25, -0.2) is 0 Å². The zero-order valence-electron chi connectivity index (χ0n) is 9.61. The van der Waals surface area contributed by atoms with Gasteiger partial charge in [0.15, 0.2) is 0 Å². The van der Waals surface area contributed by atoms with Gasteiger partial charge in [0, 0.05) is 12.6 Å². The normalized spacial score (nSPS) is 24.1. The molecule has 2 atom stereocenters. The minimum atomic E-state index is -0.138. The van der Waals surface area contributed by atoms with Crippen LogP contribution in [-0.4, -0.2) is 48.3 Å². The number of nitrogens with zero attached hydrogens (tertiary/aromatic N) is 1. The summed E-state index contributed by atoms with van der Waals surface area (Å²) in [4.78, 5) is 13.6. The molecule has 1 N–H and O–H groups in total. The molecular formula is C11H21NO3. The van der Waals surface area contributed by atoms with Crippen molar-refractivity contribution in [2.75, 3.05) is 26.3 Å². The van der Waals surface area contributed by atoms with Crippen LogP contribution in [0.15, 0.2) is 0 Å². The highest BCUT2D eigenvalue weighted by Gasteiger charge is 2.27. The van der Waals surface area contributed by atoms with Crippen LogP contribution in [0.3, 0.4) is 0 Å². The Morgan fingerprint density at radius 3 is 3.00 bits per heavy atom. The zero-order valence-corrected chi connectivity index (χ0v) is 9.61. The molecule has 0 radical (unpaired) electrons. The fraction of sp³-hybridized carbons (Fsp3) is 0.909. The van der Waals surface area contributed by atoms with E-state index in [9.17, 15) is 4.79 Å². The molecule has 0 spiro atoms. The fourth-order valence-corrected chi connectivity index (χ4v) is 2.05. The number of carbonyl (C=O) groups excluding carboxylic acids is 1. The summed E-state index contributed by atoms with van der Waals surface area (Å²) < 4.78 is 4.95. The first-order valence-electron chi connectivity index (χ1n) is 5.70. The van der Waals surface area contributed by atoms with E-state index >= 15 is 0 Å². The molecule has 0 aromatic heterocycles. The van der Waals surface area contributed by atoms with Crippen molar-refractivity contribution in [3.8, 4) is 0 Å². The van der Waals surface area contributed by atoms with Crippen LogP contribution in [0.1, 0.15) is 26.7 Å². The number of aliphatic hydroxyl groups is 1. The molecule has 1 aliphatic rings.